The number of amides is 2. The van der Waals surface area contributed by atoms with E-state index in [-0.39, 0.29) is 24.2 Å². The van der Waals surface area contributed by atoms with Gasteiger partial charge in [-0.1, -0.05) is 30.3 Å². The topological polar surface area (TPSA) is 88.3 Å². The molecule has 0 bridgehead atoms. The molecule has 1 aliphatic rings. The summed E-state index contributed by atoms with van der Waals surface area (Å²) in [6, 6.07) is 16.6. The van der Waals surface area contributed by atoms with Gasteiger partial charge in [0.05, 0.1) is 5.92 Å². The van der Waals surface area contributed by atoms with Crippen molar-refractivity contribution in [3.8, 4) is 11.5 Å². The first-order chi connectivity index (χ1) is 13.6. The summed E-state index contributed by atoms with van der Waals surface area (Å²) < 4.78 is 5.22. The minimum atomic E-state index is -0.379. The Morgan fingerprint density at radius 2 is 1.93 bits per heavy atom. The molecule has 0 radical (unpaired) electrons. The van der Waals surface area contributed by atoms with E-state index in [0.29, 0.717) is 30.4 Å². The summed E-state index contributed by atoms with van der Waals surface area (Å²) >= 11 is 0. The Bertz CT molecular complexity index is 982. The summed E-state index contributed by atoms with van der Waals surface area (Å²) in [4.78, 5) is 30.8. The van der Waals surface area contributed by atoms with E-state index >= 15 is 0 Å². The zero-order valence-corrected chi connectivity index (χ0v) is 15.5. The number of aryl methyl sites for hydroxylation is 1. The van der Waals surface area contributed by atoms with Crippen LogP contribution in [-0.2, 0) is 16.0 Å². The molecule has 1 fully saturated rings. The molecule has 1 saturated heterocycles. The van der Waals surface area contributed by atoms with Crippen molar-refractivity contribution in [1.82, 2.24) is 10.1 Å². The molecule has 2 aromatic carbocycles. The zero-order valence-electron chi connectivity index (χ0n) is 15.5. The monoisotopic (exact) mass is 376 g/mol. The SMILES string of the molecule is CCc1noc(-c2ccc(NC(=O)[C@H]3CC(=O)N(c4ccccc4)C3)cc2)n1. The third kappa shape index (κ3) is 3.64. The van der Waals surface area contributed by atoms with Gasteiger partial charge in [-0.3, -0.25) is 9.59 Å². The second-order valence-electron chi connectivity index (χ2n) is 6.68. The minimum Gasteiger partial charge on any atom is -0.334 e. The maximum atomic E-state index is 12.6. The molecule has 1 aromatic heterocycles. The molecule has 1 N–H and O–H groups in total. The number of benzene rings is 2. The lowest BCUT2D eigenvalue weighted by Crippen LogP contribution is -2.28. The summed E-state index contributed by atoms with van der Waals surface area (Å²) in [7, 11) is 0. The molecule has 0 unspecified atom stereocenters. The first-order valence-electron chi connectivity index (χ1n) is 9.23. The van der Waals surface area contributed by atoms with Crippen molar-refractivity contribution in [2.24, 2.45) is 5.92 Å². The number of aromatic nitrogens is 2. The molecule has 2 amide bonds. The first kappa shape index (κ1) is 17.9. The van der Waals surface area contributed by atoms with E-state index in [2.05, 4.69) is 15.5 Å². The van der Waals surface area contributed by atoms with Crippen LogP contribution in [0.15, 0.2) is 59.1 Å². The van der Waals surface area contributed by atoms with E-state index in [1.165, 1.54) is 0 Å². The number of carbonyl (C=O) groups is 2. The van der Waals surface area contributed by atoms with E-state index < -0.39 is 0 Å². The van der Waals surface area contributed by atoms with E-state index in [9.17, 15) is 9.59 Å². The normalized spacial score (nSPS) is 16.4. The summed E-state index contributed by atoms with van der Waals surface area (Å²) in [5, 5.41) is 6.77. The van der Waals surface area contributed by atoms with E-state index in [1.54, 1.807) is 17.0 Å². The highest BCUT2D eigenvalue weighted by Crippen LogP contribution is 2.26. The van der Waals surface area contributed by atoms with Crippen LogP contribution in [0.25, 0.3) is 11.5 Å². The Kier molecular flexibility index (Phi) is 4.89. The fourth-order valence-electron chi connectivity index (χ4n) is 3.20. The van der Waals surface area contributed by atoms with Gasteiger partial charge in [0.1, 0.15) is 0 Å². The van der Waals surface area contributed by atoms with Gasteiger partial charge >= 0.3 is 0 Å². The van der Waals surface area contributed by atoms with E-state index in [4.69, 9.17) is 4.52 Å². The molecule has 28 heavy (non-hydrogen) atoms. The number of para-hydroxylation sites is 1. The molecule has 0 aliphatic carbocycles. The lowest BCUT2D eigenvalue weighted by molar-refractivity contribution is -0.122. The van der Waals surface area contributed by atoms with Gasteiger partial charge in [0, 0.05) is 36.3 Å². The number of nitrogens with zero attached hydrogens (tertiary/aromatic N) is 3. The van der Waals surface area contributed by atoms with Crippen molar-refractivity contribution in [3.05, 3.63) is 60.4 Å². The van der Waals surface area contributed by atoms with Gasteiger partial charge in [0.25, 0.3) is 5.89 Å². The predicted molar refractivity (Wildman–Crippen MR) is 105 cm³/mol. The molecular weight excluding hydrogens is 356 g/mol. The van der Waals surface area contributed by atoms with E-state index in [1.807, 2.05) is 49.4 Å². The summed E-state index contributed by atoms with van der Waals surface area (Å²) in [5.41, 5.74) is 2.27. The Balaban J connectivity index is 1.40. The van der Waals surface area contributed by atoms with Gasteiger partial charge in [0.2, 0.25) is 11.8 Å². The average Bonchev–Trinajstić information content (AvgIpc) is 3.36. The van der Waals surface area contributed by atoms with Crippen LogP contribution in [0.4, 0.5) is 11.4 Å². The fourth-order valence-corrected chi connectivity index (χ4v) is 3.20. The van der Waals surface area contributed by atoms with Crippen LogP contribution in [0.3, 0.4) is 0 Å². The van der Waals surface area contributed by atoms with Gasteiger partial charge < -0.3 is 14.7 Å². The van der Waals surface area contributed by atoms with Crippen LogP contribution in [0, 0.1) is 5.92 Å². The van der Waals surface area contributed by atoms with Crippen molar-refractivity contribution in [2.75, 3.05) is 16.8 Å². The summed E-state index contributed by atoms with van der Waals surface area (Å²) in [5.74, 6) is 0.529. The lowest BCUT2D eigenvalue weighted by atomic mass is 10.1. The highest BCUT2D eigenvalue weighted by Gasteiger charge is 2.35. The van der Waals surface area contributed by atoms with E-state index in [0.717, 1.165) is 11.3 Å². The highest BCUT2D eigenvalue weighted by molar-refractivity contribution is 6.03. The summed E-state index contributed by atoms with van der Waals surface area (Å²) in [6.07, 6.45) is 0.915. The summed E-state index contributed by atoms with van der Waals surface area (Å²) in [6.45, 7) is 2.34. The zero-order chi connectivity index (χ0) is 19.5. The highest BCUT2D eigenvalue weighted by atomic mass is 16.5. The molecule has 2 heterocycles. The molecule has 4 rings (SSSR count). The predicted octanol–water partition coefficient (Wildman–Crippen LogP) is 3.29. The van der Waals surface area contributed by atoms with Gasteiger partial charge in [-0.15, -0.1) is 0 Å². The smallest absolute Gasteiger partial charge is 0.257 e. The standard InChI is InChI=1S/C21H20N4O3/c1-2-18-23-21(28-24-18)14-8-10-16(11-9-14)22-20(27)15-12-19(26)25(13-15)17-6-4-3-5-7-17/h3-11,15H,2,12-13H2,1H3,(H,22,27)/t15-/m0/s1. The third-order valence-electron chi connectivity index (χ3n) is 4.75. The molecule has 3 aromatic rings. The quantitative estimate of drug-likeness (QED) is 0.738. The number of hydrogen-bond donors (Lipinski definition) is 1. The molecule has 1 aliphatic heterocycles. The third-order valence-corrected chi connectivity index (χ3v) is 4.75. The number of rotatable bonds is 5. The number of hydrogen-bond acceptors (Lipinski definition) is 5. The van der Waals surface area contributed by atoms with Crippen LogP contribution in [0.1, 0.15) is 19.2 Å². The van der Waals surface area contributed by atoms with Gasteiger partial charge in [0.15, 0.2) is 5.82 Å². The Morgan fingerprint density at radius 3 is 2.61 bits per heavy atom. The van der Waals surface area contributed by atoms with Crippen LogP contribution in [0.5, 0.6) is 0 Å². The molecule has 142 valence electrons. The second kappa shape index (κ2) is 7.64. The van der Waals surface area contributed by atoms with Crippen molar-refractivity contribution >= 4 is 23.2 Å². The van der Waals surface area contributed by atoms with Crippen molar-refractivity contribution in [2.45, 2.75) is 19.8 Å². The maximum Gasteiger partial charge on any atom is 0.257 e. The van der Waals surface area contributed by atoms with Gasteiger partial charge in [-0.2, -0.15) is 4.98 Å². The molecule has 0 spiro atoms. The van der Waals surface area contributed by atoms with Crippen molar-refractivity contribution in [3.63, 3.8) is 0 Å². The molecule has 7 nitrogen and oxygen atoms in total. The maximum absolute atomic E-state index is 12.6. The Morgan fingerprint density at radius 1 is 1.18 bits per heavy atom. The molecule has 1 atom stereocenters. The van der Waals surface area contributed by atoms with Crippen LogP contribution in [-0.4, -0.2) is 28.5 Å². The minimum absolute atomic E-state index is 0.0372. The number of carbonyl (C=O) groups excluding carboxylic acids is 2. The fraction of sp³-hybridized carbons (Fsp3) is 0.238. The Hall–Kier alpha value is -3.48. The van der Waals surface area contributed by atoms with Gasteiger partial charge in [-0.05, 0) is 36.4 Å². The lowest BCUT2D eigenvalue weighted by Gasteiger charge is -2.16. The Labute approximate surface area is 162 Å². The van der Waals surface area contributed by atoms with Crippen molar-refractivity contribution in [1.29, 1.82) is 0 Å². The molecule has 7 heteroatoms. The van der Waals surface area contributed by atoms with Crippen molar-refractivity contribution < 1.29 is 14.1 Å². The molecule has 0 saturated carbocycles. The first-order valence-corrected chi connectivity index (χ1v) is 9.23. The van der Waals surface area contributed by atoms with Crippen LogP contribution < -0.4 is 10.2 Å². The molecular formula is C21H20N4O3. The van der Waals surface area contributed by atoms with Crippen LogP contribution >= 0.6 is 0 Å². The number of anilines is 2. The largest absolute Gasteiger partial charge is 0.334 e. The second-order valence-corrected chi connectivity index (χ2v) is 6.68. The van der Waals surface area contributed by atoms with Gasteiger partial charge in [-0.25, -0.2) is 0 Å². The van der Waals surface area contributed by atoms with Crippen LogP contribution in [0.2, 0.25) is 0 Å². The average molecular weight is 376 g/mol. The number of nitrogens with one attached hydrogen (secondary N) is 1.